The van der Waals surface area contributed by atoms with E-state index in [-0.39, 0.29) is 6.03 Å². The van der Waals surface area contributed by atoms with Crippen LogP contribution in [0.15, 0.2) is 29.2 Å². The standard InChI is InChI=1S/C14H18N2O4S/c1-20-9-10-4-6-16(7-5-10)14(19)15-12(13(17)18)11-3-2-8-21-11/h2-4,8,12H,5-7,9H2,1H3,(H,15,19)(H,17,18). The summed E-state index contributed by atoms with van der Waals surface area (Å²) in [7, 11) is 1.64. The van der Waals surface area contributed by atoms with Crippen LogP contribution in [0.25, 0.3) is 0 Å². The van der Waals surface area contributed by atoms with Gasteiger partial charge in [0.2, 0.25) is 0 Å². The molecule has 1 atom stereocenters. The number of carbonyl (C=O) groups is 2. The highest BCUT2D eigenvalue weighted by atomic mass is 32.1. The predicted molar refractivity (Wildman–Crippen MR) is 79.4 cm³/mol. The first kappa shape index (κ1) is 15.5. The smallest absolute Gasteiger partial charge is 0.331 e. The van der Waals surface area contributed by atoms with Gasteiger partial charge in [0.05, 0.1) is 6.61 Å². The zero-order valence-electron chi connectivity index (χ0n) is 11.7. The average molecular weight is 310 g/mol. The van der Waals surface area contributed by atoms with Crippen molar-refractivity contribution in [1.29, 1.82) is 0 Å². The molecule has 21 heavy (non-hydrogen) atoms. The number of aliphatic carboxylic acids is 1. The van der Waals surface area contributed by atoms with E-state index in [4.69, 9.17) is 4.74 Å². The number of ether oxygens (including phenoxy) is 1. The SMILES string of the molecule is COCC1=CCN(C(=O)NC(C(=O)O)c2cccs2)CC1. The molecule has 1 aliphatic heterocycles. The van der Waals surface area contributed by atoms with Gasteiger partial charge in [-0.05, 0) is 23.4 Å². The van der Waals surface area contributed by atoms with Crippen LogP contribution in [0.3, 0.4) is 0 Å². The van der Waals surface area contributed by atoms with Crippen LogP contribution in [0.5, 0.6) is 0 Å². The van der Waals surface area contributed by atoms with E-state index < -0.39 is 12.0 Å². The number of carboxylic acids is 1. The Balaban J connectivity index is 1.96. The maximum absolute atomic E-state index is 12.2. The second-order valence-corrected chi connectivity index (χ2v) is 5.71. The fraction of sp³-hybridized carbons (Fsp3) is 0.429. The van der Waals surface area contributed by atoms with Crippen LogP contribution in [0.1, 0.15) is 17.3 Å². The van der Waals surface area contributed by atoms with Crippen molar-refractivity contribution in [2.45, 2.75) is 12.5 Å². The van der Waals surface area contributed by atoms with Crippen LogP contribution in [-0.2, 0) is 9.53 Å². The maximum atomic E-state index is 12.2. The van der Waals surface area contributed by atoms with Gasteiger partial charge in [-0.15, -0.1) is 11.3 Å². The number of nitrogens with one attached hydrogen (secondary N) is 1. The van der Waals surface area contributed by atoms with E-state index in [0.717, 1.165) is 12.0 Å². The Bertz CT molecular complexity index is 527. The topological polar surface area (TPSA) is 78.9 Å². The van der Waals surface area contributed by atoms with E-state index in [1.54, 1.807) is 29.5 Å². The minimum atomic E-state index is -1.06. The highest BCUT2D eigenvalue weighted by molar-refractivity contribution is 7.10. The van der Waals surface area contributed by atoms with Crippen LogP contribution in [-0.4, -0.2) is 48.8 Å². The van der Waals surface area contributed by atoms with E-state index in [1.165, 1.54) is 11.3 Å². The van der Waals surface area contributed by atoms with E-state index >= 15 is 0 Å². The Morgan fingerprint density at radius 1 is 1.57 bits per heavy atom. The third kappa shape index (κ3) is 4.05. The second kappa shape index (κ2) is 7.24. The quantitative estimate of drug-likeness (QED) is 0.814. The summed E-state index contributed by atoms with van der Waals surface area (Å²) in [6.45, 7) is 1.61. The molecule has 0 spiro atoms. The average Bonchev–Trinajstić information content (AvgIpc) is 2.99. The maximum Gasteiger partial charge on any atom is 0.331 e. The predicted octanol–water partition coefficient (Wildman–Crippen LogP) is 1.86. The van der Waals surface area contributed by atoms with Crippen molar-refractivity contribution in [3.05, 3.63) is 34.0 Å². The van der Waals surface area contributed by atoms with Crippen LogP contribution < -0.4 is 5.32 Å². The lowest BCUT2D eigenvalue weighted by atomic mass is 10.1. The molecule has 1 unspecified atom stereocenters. The van der Waals surface area contributed by atoms with Crippen molar-refractivity contribution in [1.82, 2.24) is 10.2 Å². The van der Waals surface area contributed by atoms with Crippen LogP contribution >= 0.6 is 11.3 Å². The van der Waals surface area contributed by atoms with Crippen molar-refractivity contribution in [3.8, 4) is 0 Å². The Kier molecular flexibility index (Phi) is 5.35. The van der Waals surface area contributed by atoms with Crippen LogP contribution in [0.4, 0.5) is 4.79 Å². The third-order valence-corrected chi connectivity index (χ3v) is 4.20. The highest BCUT2D eigenvalue weighted by Gasteiger charge is 2.26. The van der Waals surface area contributed by atoms with E-state index in [2.05, 4.69) is 5.32 Å². The van der Waals surface area contributed by atoms with Gasteiger partial charge >= 0.3 is 12.0 Å². The summed E-state index contributed by atoms with van der Waals surface area (Å²) < 4.78 is 5.06. The molecule has 2 amide bonds. The first-order chi connectivity index (χ1) is 10.1. The molecule has 0 aliphatic carbocycles. The summed E-state index contributed by atoms with van der Waals surface area (Å²) in [6.07, 6.45) is 2.70. The first-order valence-corrected chi connectivity index (χ1v) is 7.48. The molecule has 7 heteroatoms. The van der Waals surface area contributed by atoms with Gasteiger partial charge in [0.15, 0.2) is 6.04 Å². The largest absolute Gasteiger partial charge is 0.479 e. The summed E-state index contributed by atoms with van der Waals surface area (Å²) >= 11 is 1.31. The molecule has 0 aromatic carbocycles. The molecule has 0 fully saturated rings. The van der Waals surface area contributed by atoms with Gasteiger partial charge in [0, 0.05) is 25.1 Å². The zero-order valence-corrected chi connectivity index (χ0v) is 12.6. The molecule has 0 saturated heterocycles. The van der Waals surface area contributed by atoms with Crippen molar-refractivity contribution in [3.63, 3.8) is 0 Å². The van der Waals surface area contributed by atoms with Gasteiger partial charge in [-0.1, -0.05) is 12.1 Å². The lowest BCUT2D eigenvalue weighted by Gasteiger charge is -2.27. The first-order valence-electron chi connectivity index (χ1n) is 6.60. The van der Waals surface area contributed by atoms with E-state index in [9.17, 15) is 14.7 Å². The monoisotopic (exact) mass is 310 g/mol. The van der Waals surface area contributed by atoms with Gasteiger partial charge < -0.3 is 20.1 Å². The van der Waals surface area contributed by atoms with Crippen molar-refractivity contribution < 1.29 is 19.4 Å². The Morgan fingerprint density at radius 3 is 2.90 bits per heavy atom. The summed E-state index contributed by atoms with van der Waals surface area (Å²) in [5.74, 6) is -1.06. The number of methoxy groups -OCH3 is 1. The van der Waals surface area contributed by atoms with Gasteiger partial charge in [0.1, 0.15) is 0 Å². The molecule has 6 nitrogen and oxygen atoms in total. The summed E-state index contributed by atoms with van der Waals surface area (Å²) in [6, 6.07) is 2.12. The van der Waals surface area contributed by atoms with Gasteiger partial charge in [-0.3, -0.25) is 0 Å². The number of amides is 2. The molecular formula is C14H18N2O4S. The number of urea groups is 1. The lowest BCUT2D eigenvalue weighted by Crippen LogP contribution is -2.45. The van der Waals surface area contributed by atoms with Gasteiger partial charge in [-0.2, -0.15) is 0 Å². The Labute approximate surface area is 127 Å². The molecule has 0 bridgehead atoms. The molecule has 114 valence electrons. The lowest BCUT2D eigenvalue weighted by molar-refractivity contribution is -0.139. The highest BCUT2D eigenvalue weighted by Crippen LogP contribution is 2.20. The fourth-order valence-electron chi connectivity index (χ4n) is 2.14. The van der Waals surface area contributed by atoms with Crippen molar-refractivity contribution in [2.75, 3.05) is 26.8 Å². The molecule has 0 radical (unpaired) electrons. The number of thiophene rings is 1. The number of rotatable bonds is 5. The van der Waals surface area contributed by atoms with E-state index in [1.807, 2.05) is 6.08 Å². The van der Waals surface area contributed by atoms with Crippen molar-refractivity contribution >= 4 is 23.3 Å². The third-order valence-electron chi connectivity index (χ3n) is 3.26. The number of carboxylic acid groups (broad SMARTS) is 1. The Morgan fingerprint density at radius 2 is 2.38 bits per heavy atom. The minimum Gasteiger partial charge on any atom is -0.479 e. The summed E-state index contributed by atoms with van der Waals surface area (Å²) in [5.41, 5.74) is 1.16. The second-order valence-electron chi connectivity index (χ2n) is 4.73. The number of hydrogen-bond acceptors (Lipinski definition) is 4. The molecular weight excluding hydrogens is 292 g/mol. The molecule has 0 saturated carbocycles. The zero-order chi connectivity index (χ0) is 15.2. The molecule has 1 aromatic heterocycles. The summed E-state index contributed by atoms with van der Waals surface area (Å²) in [5, 5.41) is 13.6. The molecule has 1 aliphatic rings. The van der Waals surface area contributed by atoms with Gasteiger partial charge in [-0.25, -0.2) is 9.59 Å². The molecule has 2 heterocycles. The normalized spacial score (nSPS) is 16.2. The fourth-order valence-corrected chi connectivity index (χ4v) is 2.90. The summed E-state index contributed by atoms with van der Waals surface area (Å²) in [4.78, 5) is 25.7. The molecule has 2 N–H and O–H groups in total. The van der Waals surface area contributed by atoms with E-state index in [0.29, 0.717) is 24.6 Å². The Hall–Kier alpha value is -1.86. The van der Waals surface area contributed by atoms with Gasteiger partial charge in [0.25, 0.3) is 0 Å². The number of nitrogens with zero attached hydrogens (tertiary/aromatic N) is 1. The minimum absolute atomic E-state index is 0.358. The van der Waals surface area contributed by atoms with Crippen LogP contribution in [0.2, 0.25) is 0 Å². The molecule has 2 rings (SSSR count). The molecule has 1 aromatic rings. The number of carbonyl (C=O) groups excluding carboxylic acids is 1. The van der Waals surface area contributed by atoms with Crippen LogP contribution in [0, 0.1) is 0 Å². The van der Waals surface area contributed by atoms with Crippen molar-refractivity contribution in [2.24, 2.45) is 0 Å². The number of hydrogen-bond donors (Lipinski definition) is 2.